The molecule has 0 radical (unpaired) electrons. The zero-order chi connectivity index (χ0) is 20.8. The summed E-state index contributed by atoms with van der Waals surface area (Å²) in [5.41, 5.74) is 2.13. The largest absolute Gasteiger partial charge is 0.497 e. The average molecular weight is 398 g/mol. The standard InChI is InChI=1S/C21H26N4O4/c1-22(15-17-3-9-20(29-2)10-4-17)21(26)16-23-11-13-24(14-12-23)18-5-7-19(8-6-18)25(27)28/h3-10H,11-16H2,1-2H3. The van der Waals surface area contributed by atoms with E-state index >= 15 is 0 Å². The van der Waals surface area contributed by atoms with E-state index in [-0.39, 0.29) is 11.6 Å². The van der Waals surface area contributed by atoms with Crippen LogP contribution in [0, 0.1) is 10.1 Å². The molecule has 0 spiro atoms. The van der Waals surface area contributed by atoms with Crippen LogP contribution in [0.5, 0.6) is 5.75 Å². The first-order valence-electron chi connectivity index (χ1n) is 9.55. The highest BCUT2D eigenvalue weighted by Gasteiger charge is 2.21. The maximum absolute atomic E-state index is 12.6. The van der Waals surface area contributed by atoms with E-state index in [2.05, 4.69) is 9.80 Å². The van der Waals surface area contributed by atoms with E-state index in [9.17, 15) is 14.9 Å². The van der Waals surface area contributed by atoms with Gasteiger partial charge < -0.3 is 14.5 Å². The molecule has 2 aromatic rings. The molecule has 0 bridgehead atoms. The summed E-state index contributed by atoms with van der Waals surface area (Å²) in [7, 11) is 3.45. The van der Waals surface area contributed by atoms with Gasteiger partial charge in [-0.05, 0) is 29.8 Å². The summed E-state index contributed by atoms with van der Waals surface area (Å²) in [6.07, 6.45) is 0. The molecular weight excluding hydrogens is 372 g/mol. The van der Waals surface area contributed by atoms with Crippen LogP contribution >= 0.6 is 0 Å². The molecule has 29 heavy (non-hydrogen) atoms. The second-order valence-electron chi connectivity index (χ2n) is 7.13. The maximum atomic E-state index is 12.6. The summed E-state index contributed by atoms with van der Waals surface area (Å²) in [6, 6.07) is 14.3. The van der Waals surface area contributed by atoms with Gasteiger partial charge in [-0.2, -0.15) is 0 Å². The summed E-state index contributed by atoms with van der Waals surface area (Å²) in [4.78, 5) is 29.0. The fourth-order valence-electron chi connectivity index (χ4n) is 3.35. The van der Waals surface area contributed by atoms with Crippen LogP contribution in [0.1, 0.15) is 5.56 Å². The van der Waals surface area contributed by atoms with Crippen LogP contribution in [-0.2, 0) is 11.3 Å². The molecule has 0 aromatic heterocycles. The number of carbonyl (C=O) groups excluding carboxylic acids is 1. The molecule has 2 aromatic carbocycles. The van der Waals surface area contributed by atoms with Gasteiger partial charge in [0.05, 0.1) is 18.6 Å². The third-order valence-corrected chi connectivity index (χ3v) is 5.16. The maximum Gasteiger partial charge on any atom is 0.269 e. The molecule has 3 rings (SSSR count). The number of rotatable bonds is 7. The van der Waals surface area contributed by atoms with E-state index < -0.39 is 4.92 Å². The Bertz CT molecular complexity index is 831. The van der Waals surface area contributed by atoms with Gasteiger partial charge in [-0.3, -0.25) is 19.8 Å². The van der Waals surface area contributed by atoms with Crippen LogP contribution in [0.15, 0.2) is 48.5 Å². The fourth-order valence-corrected chi connectivity index (χ4v) is 3.35. The summed E-state index contributed by atoms with van der Waals surface area (Å²) in [6.45, 7) is 4.07. The van der Waals surface area contributed by atoms with Crippen molar-refractivity contribution in [3.8, 4) is 5.75 Å². The highest BCUT2D eigenvalue weighted by Crippen LogP contribution is 2.20. The Labute approximate surface area is 170 Å². The van der Waals surface area contributed by atoms with Crippen molar-refractivity contribution in [1.29, 1.82) is 0 Å². The number of anilines is 1. The number of carbonyl (C=O) groups is 1. The van der Waals surface area contributed by atoms with Gasteiger partial charge in [0.15, 0.2) is 0 Å². The lowest BCUT2D eigenvalue weighted by Crippen LogP contribution is -2.49. The smallest absolute Gasteiger partial charge is 0.269 e. The molecule has 1 saturated heterocycles. The number of hydrogen-bond acceptors (Lipinski definition) is 6. The fraction of sp³-hybridized carbons (Fsp3) is 0.381. The Morgan fingerprint density at radius 1 is 1.07 bits per heavy atom. The third-order valence-electron chi connectivity index (χ3n) is 5.16. The molecule has 0 N–H and O–H groups in total. The summed E-state index contributed by atoms with van der Waals surface area (Å²) < 4.78 is 5.16. The number of methoxy groups -OCH3 is 1. The van der Waals surface area contributed by atoms with Crippen molar-refractivity contribution in [2.75, 3.05) is 51.8 Å². The first-order valence-corrected chi connectivity index (χ1v) is 9.55. The third kappa shape index (κ3) is 5.45. The van der Waals surface area contributed by atoms with Gasteiger partial charge in [0.2, 0.25) is 5.91 Å². The number of non-ortho nitro benzene ring substituents is 1. The van der Waals surface area contributed by atoms with Gasteiger partial charge in [0.1, 0.15) is 5.75 Å². The molecule has 0 atom stereocenters. The monoisotopic (exact) mass is 398 g/mol. The molecule has 0 aliphatic carbocycles. The Hall–Kier alpha value is -3.13. The van der Waals surface area contributed by atoms with Gasteiger partial charge in [0, 0.05) is 57.6 Å². The molecular formula is C21H26N4O4. The minimum Gasteiger partial charge on any atom is -0.497 e. The normalized spacial score (nSPS) is 14.5. The molecule has 1 fully saturated rings. The highest BCUT2D eigenvalue weighted by atomic mass is 16.6. The Morgan fingerprint density at radius 2 is 1.69 bits per heavy atom. The lowest BCUT2D eigenvalue weighted by Gasteiger charge is -2.36. The first kappa shape index (κ1) is 20.6. The van der Waals surface area contributed by atoms with Gasteiger partial charge in [-0.25, -0.2) is 0 Å². The van der Waals surface area contributed by atoms with E-state index in [0.717, 1.165) is 43.2 Å². The second kappa shape index (κ2) is 9.38. The lowest BCUT2D eigenvalue weighted by atomic mass is 10.2. The Morgan fingerprint density at radius 3 is 2.24 bits per heavy atom. The van der Waals surface area contributed by atoms with E-state index in [1.165, 1.54) is 12.1 Å². The quantitative estimate of drug-likeness (QED) is 0.526. The van der Waals surface area contributed by atoms with Crippen molar-refractivity contribution >= 4 is 17.3 Å². The van der Waals surface area contributed by atoms with Gasteiger partial charge in [-0.1, -0.05) is 12.1 Å². The van der Waals surface area contributed by atoms with E-state index in [0.29, 0.717) is 13.1 Å². The topological polar surface area (TPSA) is 79.2 Å². The van der Waals surface area contributed by atoms with Crippen LogP contribution in [0.4, 0.5) is 11.4 Å². The lowest BCUT2D eigenvalue weighted by molar-refractivity contribution is -0.384. The highest BCUT2D eigenvalue weighted by molar-refractivity contribution is 5.78. The van der Waals surface area contributed by atoms with Crippen molar-refractivity contribution < 1.29 is 14.5 Å². The summed E-state index contributed by atoms with van der Waals surface area (Å²) in [5.74, 6) is 0.887. The van der Waals surface area contributed by atoms with Crippen molar-refractivity contribution in [3.05, 3.63) is 64.2 Å². The number of nitro groups is 1. The van der Waals surface area contributed by atoms with Crippen molar-refractivity contribution in [2.45, 2.75) is 6.54 Å². The van der Waals surface area contributed by atoms with Gasteiger partial charge in [-0.15, -0.1) is 0 Å². The number of ether oxygens (including phenoxy) is 1. The van der Waals surface area contributed by atoms with Crippen LogP contribution < -0.4 is 9.64 Å². The van der Waals surface area contributed by atoms with Gasteiger partial charge >= 0.3 is 0 Å². The molecule has 1 amide bonds. The molecule has 8 nitrogen and oxygen atoms in total. The Balaban J connectivity index is 1.46. The van der Waals surface area contributed by atoms with E-state index in [1.54, 1.807) is 24.1 Å². The number of nitro benzene ring substituents is 1. The Kier molecular flexibility index (Phi) is 6.66. The van der Waals surface area contributed by atoms with Crippen LogP contribution in [0.3, 0.4) is 0 Å². The van der Waals surface area contributed by atoms with Crippen molar-refractivity contribution in [3.63, 3.8) is 0 Å². The minimum atomic E-state index is -0.393. The number of nitrogens with zero attached hydrogens (tertiary/aromatic N) is 4. The number of likely N-dealkylation sites (N-methyl/N-ethyl adjacent to an activating group) is 1. The number of amides is 1. The predicted molar refractivity (Wildman–Crippen MR) is 111 cm³/mol. The van der Waals surface area contributed by atoms with E-state index in [1.807, 2.05) is 31.3 Å². The molecule has 154 valence electrons. The van der Waals surface area contributed by atoms with Crippen LogP contribution in [0.25, 0.3) is 0 Å². The molecule has 8 heteroatoms. The summed E-state index contributed by atoms with van der Waals surface area (Å²) in [5, 5.41) is 10.8. The average Bonchev–Trinajstić information content (AvgIpc) is 2.75. The van der Waals surface area contributed by atoms with Crippen LogP contribution in [0.2, 0.25) is 0 Å². The zero-order valence-electron chi connectivity index (χ0n) is 16.8. The molecule has 0 unspecified atom stereocenters. The molecule has 1 heterocycles. The first-order chi connectivity index (χ1) is 14.0. The SMILES string of the molecule is COc1ccc(CN(C)C(=O)CN2CCN(c3ccc([N+](=O)[O-])cc3)CC2)cc1. The molecule has 1 aliphatic rings. The summed E-state index contributed by atoms with van der Waals surface area (Å²) >= 11 is 0. The van der Waals surface area contributed by atoms with Crippen LogP contribution in [-0.4, -0.2) is 67.5 Å². The number of hydrogen-bond donors (Lipinski definition) is 0. The number of piperazine rings is 1. The van der Waals surface area contributed by atoms with Crippen molar-refractivity contribution in [2.24, 2.45) is 0 Å². The number of benzene rings is 2. The molecule has 0 saturated carbocycles. The second-order valence-corrected chi connectivity index (χ2v) is 7.13. The molecule has 1 aliphatic heterocycles. The minimum absolute atomic E-state index is 0.0876. The zero-order valence-corrected chi connectivity index (χ0v) is 16.8. The van der Waals surface area contributed by atoms with Gasteiger partial charge in [0.25, 0.3) is 5.69 Å². The van der Waals surface area contributed by atoms with E-state index in [4.69, 9.17) is 4.74 Å². The van der Waals surface area contributed by atoms with Crippen molar-refractivity contribution in [1.82, 2.24) is 9.80 Å². The predicted octanol–water partition coefficient (Wildman–Crippen LogP) is 2.38.